The second kappa shape index (κ2) is 8.82. The van der Waals surface area contributed by atoms with Crippen LogP contribution in [-0.2, 0) is 11.2 Å². The average Bonchev–Trinajstić information content (AvgIpc) is 3.28. The molecule has 0 bridgehead atoms. The fraction of sp³-hybridized carbons (Fsp3) is 0.391. The third-order valence-corrected chi connectivity index (χ3v) is 5.97. The molecule has 1 unspecified atom stereocenters. The number of para-hydroxylation sites is 1. The summed E-state index contributed by atoms with van der Waals surface area (Å²) >= 11 is 5.43. The molecule has 2 aliphatic rings. The summed E-state index contributed by atoms with van der Waals surface area (Å²) in [6.45, 7) is 4.95. The lowest BCUT2D eigenvalue weighted by molar-refractivity contribution is -0.117. The number of nitrogens with zero attached hydrogens (tertiary/aromatic N) is 2. The Kier molecular flexibility index (Phi) is 6.00. The number of thiocarbonyl (C=S) groups is 1. The molecule has 1 atom stereocenters. The Labute approximate surface area is 178 Å². The zero-order chi connectivity index (χ0) is 20.2. The minimum Gasteiger partial charge on any atom is -0.368 e. The molecular weight excluding hydrogens is 380 g/mol. The largest absolute Gasteiger partial charge is 0.368 e. The van der Waals surface area contributed by atoms with Crippen molar-refractivity contribution in [1.82, 2.24) is 5.32 Å². The number of nitrogens with one attached hydrogen (secondary N) is 2. The molecule has 0 radical (unpaired) electrons. The average molecular weight is 409 g/mol. The smallest absolute Gasteiger partial charge is 0.227 e. The van der Waals surface area contributed by atoms with Gasteiger partial charge in [0.2, 0.25) is 5.91 Å². The van der Waals surface area contributed by atoms with Crippen LogP contribution in [0, 0.1) is 0 Å². The van der Waals surface area contributed by atoms with E-state index in [1.807, 2.05) is 29.2 Å². The molecule has 2 heterocycles. The molecule has 5 nitrogen and oxygen atoms in total. The third kappa shape index (κ3) is 4.53. The molecule has 2 N–H and O–H groups in total. The van der Waals surface area contributed by atoms with Gasteiger partial charge in [-0.2, -0.15) is 0 Å². The highest BCUT2D eigenvalue weighted by atomic mass is 32.1. The molecule has 1 saturated heterocycles. The van der Waals surface area contributed by atoms with Gasteiger partial charge >= 0.3 is 0 Å². The van der Waals surface area contributed by atoms with Crippen LogP contribution in [0.15, 0.2) is 48.5 Å². The Morgan fingerprint density at radius 1 is 1.17 bits per heavy atom. The van der Waals surface area contributed by atoms with Gasteiger partial charge in [-0.25, -0.2) is 0 Å². The molecule has 0 aromatic heterocycles. The highest BCUT2D eigenvalue weighted by Crippen LogP contribution is 2.31. The maximum absolute atomic E-state index is 11.8. The van der Waals surface area contributed by atoms with E-state index in [2.05, 4.69) is 46.7 Å². The summed E-state index contributed by atoms with van der Waals surface area (Å²) in [5.41, 5.74) is 4.71. The number of amides is 1. The van der Waals surface area contributed by atoms with Crippen molar-refractivity contribution in [2.24, 2.45) is 0 Å². The molecule has 0 spiro atoms. The molecule has 6 heteroatoms. The van der Waals surface area contributed by atoms with Crippen molar-refractivity contribution in [3.8, 4) is 0 Å². The summed E-state index contributed by atoms with van der Waals surface area (Å²) in [7, 11) is 0. The van der Waals surface area contributed by atoms with Gasteiger partial charge in [-0.3, -0.25) is 4.79 Å². The summed E-state index contributed by atoms with van der Waals surface area (Å²) in [4.78, 5) is 16.2. The topological polar surface area (TPSA) is 47.6 Å². The number of rotatable bonds is 6. The van der Waals surface area contributed by atoms with E-state index < -0.39 is 0 Å². The van der Waals surface area contributed by atoms with E-state index in [1.54, 1.807) is 0 Å². The monoisotopic (exact) mass is 408 g/mol. The third-order valence-electron chi connectivity index (χ3n) is 5.72. The van der Waals surface area contributed by atoms with Gasteiger partial charge in [0.25, 0.3) is 0 Å². The minimum absolute atomic E-state index is 0.206. The normalized spacial score (nSPS) is 18.1. The Morgan fingerprint density at radius 2 is 1.97 bits per heavy atom. The molecule has 152 valence electrons. The number of benzene rings is 2. The summed E-state index contributed by atoms with van der Waals surface area (Å²) in [6, 6.07) is 17.1. The highest BCUT2D eigenvalue weighted by Gasteiger charge is 2.24. The van der Waals surface area contributed by atoms with Crippen LogP contribution in [0.5, 0.6) is 0 Å². The molecule has 0 aliphatic carbocycles. The lowest BCUT2D eigenvalue weighted by atomic mass is 10.1. The van der Waals surface area contributed by atoms with E-state index in [4.69, 9.17) is 12.2 Å². The van der Waals surface area contributed by atoms with Crippen molar-refractivity contribution in [1.29, 1.82) is 0 Å². The summed E-state index contributed by atoms with van der Waals surface area (Å²) < 4.78 is 0. The predicted molar refractivity (Wildman–Crippen MR) is 124 cm³/mol. The summed E-state index contributed by atoms with van der Waals surface area (Å²) in [5.74, 6) is 0.206. The fourth-order valence-corrected chi connectivity index (χ4v) is 4.46. The van der Waals surface area contributed by atoms with Crippen molar-refractivity contribution in [2.75, 3.05) is 34.8 Å². The van der Waals surface area contributed by atoms with E-state index in [9.17, 15) is 4.79 Å². The maximum atomic E-state index is 11.8. The van der Waals surface area contributed by atoms with Crippen LogP contribution in [0.25, 0.3) is 0 Å². The predicted octanol–water partition coefficient (Wildman–Crippen LogP) is 3.94. The van der Waals surface area contributed by atoms with Crippen molar-refractivity contribution < 1.29 is 4.79 Å². The molecule has 1 amide bonds. The number of anilines is 3. The van der Waals surface area contributed by atoms with E-state index in [-0.39, 0.29) is 5.91 Å². The van der Waals surface area contributed by atoms with Crippen LogP contribution in [0.2, 0.25) is 0 Å². The van der Waals surface area contributed by atoms with Crippen molar-refractivity contribution in [3.63, 3.8) is 0 Å². The first-order valence-corrected chi connectivity index (χ1v) is 10.8. The molecular formula is C23H28N4OS. The number of fused-ring (bicyclic) bond motifs is 1. The number of carbonyl (C=O) groups excluding carboxylic acids is 1. The zero-order valence-electron chi connectivity index (χ0n) is 16.9. The first-order chi connectivity index (χ1) is 14.1. The zero-order valence-corrected chi connectivity index (χ0v) is 17.7. The molecule has 0 saturated carbocycles. The van der Waals surface area contributed by atoms with Crippen LogP contribution in [-0.4, -0.2) is 36.7 Å². The van der Waals surface area contributed by atoms with E-state index in [0.29, 0.717) is 17.6 Å². The maximum Gasteiger partial charge on any atom is 0.227 e. The first-order valence-electron chi connectivity index (χ1n) is 10.4. The van der Waals surface area contributed by atoms with Gasteiger partial charge in [0.15, 0.2) is 5.11 Å². The molecule has 29 heavy (non-hydrogen) atoms. The second-order valence-electron chi connectivity index (χ2n) is 7.81. The lowest BCUT2D eigenvalue weighted by Gasteiger charge is -2.25. The number of hydrogen-bond donors (Lipinski definition) is 2. The summed E-state index contributed by atoms with van der Waals surface area (Å²) in [5, 5.41) is 7.16. The molecule has 1 fully saturated rings. The Morgan fingerprint density at radius 3 is 2.72 bits per heavy atom. The number of hydrogen-bond acceptors (Lipinski definition) is 3. The van der Waals surface area contributed by atoms with Gasteiger partial charge in [-0.15, -0.1) is 0 Å². The van der Waals surface area contributed by atoms with Gasteiger partial charge in [-0.1, -0.05) is 18.2 Å². The van der Waals surface area contributed by atoms with Gasteiger partial charge in [-0.05, 0) is 74.3 Å². The first kappa shape index (κ1) is 19.7. The van der Waals surface area contributed by atoms with Gasteiger partial charge in [0.1, 0.15) is 0 Å². The lowest BCUT2D eigenvalue weighted by Crippen LogP contribution is -2.34. The molecule has 2 aromatic rings. The van der Waals surface area contributed by atoms with E-state index in [1.165, 1.54) is 11.3 Å². The molecule has 4 rings (SSSR count). The van der Waals surface area contributed by atoms with Crippen LogP contribution in [0.1, 0.15) is 31.7 Å². The Balaban J connectivity index is 1.21. The van der Waals surface area contributed by atoms with Crippen molar-refractivity contribution >= 4 is 40.3 Å². The van der Waals surface area contributed by atoms with E-state index >= 15 is 0 Å². The standard InChI is InChI=1S/C23H28N4OS/c1-17-16-18-6-2-3-7-21(18)26(17)15-5-13-24-23(29)25-19-9-11-20(12-10-19)27-14-4-8-22(27)28/h2-3,6-7,9-12,17H,4-5,8,13-16H2,1H3,(H2,24,25,29). The number of carbonyl (C=O) groups is 1. The highest BCUT2D eigenvalue weighted by molar-refractivity contribution is 7.80. The minimum atomic E-state index is 0.206. The van der Waals surface area contributed by atoms with Crippen LogP contribution in [0.3, 0.4) is 0 Å². The van der Waals surface area contributed by atoms with Crippen molar-refractivity contribution in [3.05, 3.63) is 54.1 Å². The van der Waals surface area contributed by atoms with Gasteiger partial charge in [0.05, 0.1) is 0 Å². The Hall–Kier alpha value is -2.60. The SMILES string of the molecule is CC1Cc2ccccc2N1CCCNC(=S)Nc1ccc(N2CCCC2=O)cc1. The quantitative estimate of drug-likeness (QED) is 0.560. The molecule has 2 aromatic carbocycles. The van der Waals surface area contributed by atoms with Crippen LogP contribution < -0.4 is 20.4 Å². The Bertz CT molecular complexity index is 883. The van der Waals surface area contributed by atoms with Gasteiger partial charge < -0.3 is 20.4 Å². The van der Waals surface area contributed by atoms with Crippen LogP contribution in [0.4, 0.5) is 17.1 Å². The van der Waals surface area contributed by atoms with Crippen LogP contribution >= 0.6 is 12.2 Å². The fourth-order valence-electron chi connectivity index (χ4n) is 4.24. The van der Waals surface area contributed by atoms with Crippen molar-refractivity contribution in [2.45, 2.75) is 38.6 Å². The molecule has 2 aliphatic heterocycles. The second-order valence-corrected chi connectivity index (χ2v) is 8.21. The van der Waals surface area contributed by atoms with E-state index in [0.717, 1.165) is 50.3 Å². The van der Waals surface area contributed by atoms with Gasteiger partial charge in [0, 0.05) is 49.2 Å². The summed E-state index contributed by atoms with van der Waals surface area (Å²) in [6.07, 6.45) is 3.74.